The topological polar surface area (TPSA) is 58.2 Å². The first kappa shape index (κ1) is 12.5. The van der Waals surface area contributed by atoms with Crippen LogP contribution in [-0.4, -0.2) is 16.9 Å². The Bertz CT molecular complexity index is 317. The summed E-state index contributed by atoms with van der Waals surface area (Å²) in [5, 5.41) is 5.15. The van der Waals surface area contributed by atoms with Gasteiger partial charge in [-0.15, -0.1) is 0 Å². The second-order valence-electron chi connectivity index (χ2n) is 4.94. The summed E-state index contributed by atoms with van der Waals surface area (Å²) in [7, 11) is 0. The molecule has 0 unspecified atom stereocenters. The van der Waals surface area contributed by atoms with Crippen molar-refractivity contribution >= 4 is 29.1 Å². The third-order valence-electron chi connectivity index (χ3n) is 3.69. The molecule has 2 amide bonds. The van der Waals surface area contributed by atoms with Gasteiger partial charge in [0.05, 0.1) is 0 Å². The van der Waals surface area contributed by atoms with Crippen molar-refractivity contribution in [2.45, 2.75) is 44.9 Å². The lowest BCUT2D eigenvalue weighted by Crippen LogP contribution is -2.55. The predicted molar refractivity (Wildman–Crippen MR) is 68.2 cm³/mol. The molecular weight excluding hydrogens is 236 g/mol. The molecule has 2 fully saturated rings. The second-order valence-corrected chi connectivity index (χ2v) is 5.35. The highest BCUT2D eigenvalue weighted by atomic mass is 32.1. The first-order valence-corrected chi connectivity index (χ1v) is 6.73. The molecule has 0 aromatic carbocycles. The second kappa shape index (κ2) is 5.58. The number of hydrogen-bond acceptors (Lipinski definition) is 3. The number of thiocarbonyl (C=S) groups is 1. The van der Waals surface area contributed by atoms with Crippen LogP contribution in [0.15, 0.2) is 0 Å². The summed E-state index contributed by atoms with van der Waals surface area (Å²) in [6.07, 6.45) is 8.01. The van der Waals surface area contributed by atoms with E-state index in [0.29, 0.717) is 12.3 Å². The van der Waals surface area contributed by atoms with Crippen LogP contribution in [0, 0.1) is 11.8 Å². The van der Waals surface area contributed by atoms with E-state index in [4.69, 9.17) is 12.2 Å². The minimum atomic E-state index is -0.552. The van der Waals surface area contributed by atoms with Crippen LogP contribution in [-0.2, 0) is 9.59 Å². The van der Waals surface area contributed by atoms with Gasteiger partial charge in [-0.1, -0.05) is 32.1 Å². The van der Waals surface area contributed by atoms with Crippen LogP contribution < -0.4 is 10.6 Å². The van der Waals surface area contributed by atoms with Gasteiger partial charge in [0, 0.05) is 0 Å². The Balaban J connectivity index is 1.83. The summed E-state index contributed by atoms with van der Waals surface area (Å²) < 4.78 is 0. The van der Waals surface area contributed by atoms with Crippen molar-refractivity contribution in [3.8, 4) is 0 Å². The number of nitrogens with one attached hydrogen (secondary N) is 2. The van der Waals surface area contributed by atoms with Crippen molar-refractivity contribution in [3.05, 3.63) is 0 Å². The molecule has 2 N–H and O–H groups in total. The normalized spacial score (nSPS) is 23.4. The molecule has 0 spiro atoms. The molecule has 1 saturated heterocycles. The van der Waals surface area contributed by atoms with Crippen LogP contribution >= 0.6 is 12.2 Å². The fourth-order valence-electron chi connectivity index (χ4n) is 2.69. The summed E-state index contributed by atoms with van der Waals surface area (Å²) in [5.41, 5.74) is 0. The highest BCUT2D eigenvalue weighted by molar-refractivity contribution is 7.80. The average molecular weight is 254 g/mol. The molecule has 4 nitrogen and oxygen atoms in total. The van der Waals surface area contributed by atoms with Crippen LogP contribution in [0.4, 0.5) is 0 Å². The Morgan fingerprint density at radius 1 is 1.00 bits per heavy atom. The summed E-state index contributed by atoms with van der Waals surface area (Å²) in [6, 6.07) is 0. The average Bonchev–Trinajstić information content (AvgIpc) is 2.29. The van der Waals surface area contributed by atoms with Crippen LogP contribution in [0.3, 0.4) is 0 Å². The lowest BCUT2D eigenvalue weighted by atomic mass is 9.83. The van der Waals surface area contributed by atoms with E-state index in [9.17, 15) is 9.59 Å². The predicted octanol–water partition coefficient (Wildman–Crippen LogP) is 1.49. The first-order valence-electron chi connectivity index (χ1n) is 6.32. The molecule has 0 atom stereocenters. The quantitative estimate of drug-likeness (QED) is 0.592. The van der Waals surface area contributed by atoms with Gasteiger partial charge >= 0.3 is 0 Å². The SMILES string of the molecule is O=C1NC(=S)NC(=O)C1CCC1CCCCC1. The molecule has 17 heavy (non-hydrogen) atoms. The van der Waals surface area contributed by atoms with Crippen LogP contribution in [0.5, 0.6) is 0 Å². The van der Waals surface area contributed by atoms with Crippen LogP contribution in [0.25, 0.3) is 0 Å². The molecule has 0 bridgehead atoms. The Hall–Kier alpha value is -0.970. The molecule has 2 aliphatic rings. The molecule has 0 aromatic rings. The lowest BCUT2D eigenvalue weighted by molar-refractivity contribution is -0.135. The van der Waals surface area contributed by atoms with Crippen LogP contribution in [0.2, 0.25) is 0 Å². The van der Waals surface area contributed by atoms with Crippen molar-refractivity contribution < 1.29 is 9.59 Å². The Morgan fingerprint density at radius 3 is 2.18 bits per heavy atom. The number of carbonyl (C=O) groups is 2. The van der Waals surface area contributed by atoms with E-state index in [2.05, 4.69) is 10.6 Å². The van der Waals surface area contributed by atoms with Crippen molar-refractivity contribution in [2.75, 3.05) is 0 Å². The van der Waals surface area contributed by atoms with E-state index in [1.807, 2.05) is 0 Å². The van der Waals surface area contributed by atoms with Crippen molar-refractivity contribution in [1.82, 2.24) is 10.6 Å². The molecule has 2 rings (SSSR count). The molecule has 1 aliphatic heterocycles. The van der Waals surface area contributed by atoms with E-state index in [1.165, 1.54) is 32.1 Å². The van der Waals surface area contributed by atoms with Crippen molar-refractivity contribution in [3.63, 3.8) is 0 Å². The number of rotatable bonds is 3. The van der Waals surface area contributed by atoms with Gasteiger partial charge in [0.1, 0.15) is 5.92 Å². The maximum Gasteiger partial charge on any atom is 0.238 e. The molecule has 5 heteroatoms. The standard InChI is InChI=1S/C12H18N2O2S/c15-10-9(11(16)14-12(17)13-10)7-6-8-4-2-1-3-5-8/h8-9H,1-7H2,(H2,13,14,15,16,17). The zero-order chi connectivity index (χ0) is 12.3. The summed E-state index contributed by atoms with van der Waals surface area (Å²) >= 11 is 4.76. The molecule has 1 heterocycles. The van der Waals surface area contributed by atoms with Gasteiger partial charge in [0.15, 0.2) is 5.11 Å². The molecule has 0 radical (unpaired) electrons. The van der Waals surface area contributed by atoms with Crippen LogP contribution in [0.1, 0.15) is 44.9 Å². The Labute approximate surface area is 107 Å². The lowest BCUT2D eigenvalue weighted by Gasteiger charge is -2.26. The largest absolute Gasteiger partial charge is 0.302 e. The van der Waals surface area contributed by atoms with Crippen molar-refractivity contribution in [2.24, 2.45) is 11.8 Å². The summed E-state index contributed by atoms with van der Waals surface area (Å²) in [5.74, 6) is -0.342. The summed E-state index contributed by atoms with van der Waals surface area (Å²) in [4.78, 5) is 23.3. The minimum absolute atomic E-state index is 0.133. The minimum Gasteiger partial charge on any atom is -0.302 e. The maximum absolute atomic E-state index is 11.6. The number of hydrogen-bond donors (Lipinski definition) is 2. The van der Waals surface area contributed by atoms with E-state index in [-0.39, 0.29) is 16.9 Å². The molecular formula is C12H18N2O2S. The van der Waals surface area contributed by atoms with E-state index >= 15 is 0 Å². The van der Waals surface area contributed by atoms with Gasteiger partial charge in [-0.05, 0) is 31.0 Å². The Kier molecular flexibility index (Phi) is 4.10. The van der Waals surface area contributed by atoms with Gasteiger partial charge in [0.2, 0.25) is 11.8 Å². The molecule has 94 valence electrons. The van der Waals surface area contributed by atoms with Gasteiger partial charge in [-0.3, -0.25) is 9.59 Å². The van der Waals surface area contributed by atoms with Gasteiger partial charge in [0.25, 0.3) is 0 Å². The first-order chi connectivity index (χ1) is 8.16. The fraction of sp³-hybridized carbons (Fsp3) is 0.750. The summed E-state index contributed by atoms with van der Waals surface area (Å²) in [6.45, 7) is 0. The highest BCUT2D eigenvalue weighted by Gasteiger charge is 2.32. The zero-order valence-electron chi connectivity index (χ0n) is 9.83. The molecule has 1 saturated carbocycles. The van der Waals surface area contributed by atoms with Crippen molar-refractivity contribution in [1.29, 1.82) is 0 Å². The maximum atomic E-state index is 11.6. The molecule has 0 aromatic heterocycles. The van der Waals surface area contributed by atoms with E-state index in [0.717, 1.165) is 6.42 Å². The van der Waals surface area contributed by atoms with Gasteiger partial charge in [-0.25, -0.2) is 0 Å². The monoisotopic (exact) mass is 254 g/mol. The fourth-order valence-corrected chi connectivity index (χ4v) is 2.89. The third-order valence-corrected chi connectivity index (χ3v) is 3.90. The number of amides is 2. The Morgan fingerprint density at radius 2 is 1.59 bits per heavy atom. The van der Waals surface area contributed by atoms with E-state index < -0.39 is 5.92 Å². The third kappa shape index (κ3) is 3.25. The smallest absolute Gasteiger partial charge is 0.238 e. The molecule has 1 aliphatic carbocycles. The van der Waals surface area contributed by atoms with E-state index in [1.54, 1.807) is 0 Å². The zero-order valence-corrected chi connectivity index (χ0v) is 10.6. The van der Waals surface area contributed by atoms with Gasteiger partial charge < -0.3 is 10.6 Å². The highest BCUT2D eigenvalue weighted by Crippen LogP contribution is 2.28. The van der Waals surface area contributed by atoms with Gasteiger partial charge in [-0.2, -0.15) is 0 Å². The number of carbonyl (C=O) groups excluding carboxylic acids is 2.